The predicted molar refractivity (Wildman–Crippen MR) is 104 cm³/mol. The van der Waals surface area contributed by atoms with Gasteiger partial charge in [-0.15, -0.1) is 0 Å². The van der Waals surface area contributed by atoms with Gasteiger partial charge >= 0.3 is 0 Å². The molecule has 2 N–H and O–H groups in total. The minimum Gasteiger partial charge on any atom is -0.322 e. The third-order valence-corrected chi connectivity index (χ3v) is 4.97. The summed E-state index contributed by atoms with van der Waals surface area (Å²) in [7, 11) is 0. The van der Waals surface area contributed by atoms with Crippen molar-refractivity contribution in [2.75, 3.05) is 16.8 Å². The Morgan fingerprint density at radius 2 is 1.81 bits per heavy atom. The highest BCUT2D eigenvalue weighted by molar-refractivity contribution is 6.14. The van der Waals surface area contributed by atoms with Gasteiger partial charge < -0.3 is 10.6 Å². The Balaban J connectivity index is 1.80. The summed E-state index contributed by atoms with van der Waals surface area (Å²) in [4.78, 5) is 27.1. The van der Waals surface area contributed by atoms with Crippen molar-refractivity contribution in [3.05, 3.63) is 59.7 Å². The molecule has 136 valence electrons. The zero-order valence-electron chi connectivity index (χ0n) is 15.7. The van der Waals surface area contributed by atoms with Crippen molar-refractivity contribution in [3.63, 3.8) is 0 Å². The molecule has 0 spiro atoms. The van der Waals surface area contributed by atoms with Gasteiger partial charge in [-0.3, -0.25) is 14.5 Å². The van der Waals surface area contributed by atoms with Crippen molar-refractivity contribution in [1.82, 2.24) is 5.32 Å². The van der Waals surface area contributed by atoms with E-state index in [4.69, 9.17) is 0 Å². The van der Waals surface area contributed by atoms with Gasteiger partial charge in [-0.05, 0) is 51.0 Å². The zero-order chi connectivity index (χ0) is 18.9. The standard InChI is InChI=1S/C21H25N3O2/c1-14-9-5-6-10-16(14)15(2)22-13-19(25)24-18-12-8-7-11-17(18)23-20(26)21(24,3)4/h5-12,15,22H,13H2,1-4H3,(H,23,26). The van der Waals surface area contributed by atoms with E-state index in [9.17, 15) is 9.59 Å². The van der Waals surface area contributed by atoms with E-state index in [1.165, 1.54) is 5.56 Å². The van der Waals surface area contributed by atoms with E-state index in [-0.39, 0.29) is 24.4 Å². The molecule has 2 aromatic carbocycles. The number of carbonyl (C=O) groups excluding carboxylic acids is 2. The Hall–Kier alpha value is -2.66. The van der Waals surface area contributed by atoms with Crippen LogP contribution in [0.2, 0.25) is 0 Å². The first-order chi connectivity index (χ1) is 12.3. The first kappa shape index (κ1) is 18.1. The van der Waals surface area contributed by atoms with Crippen molar-refractivity contribution < 1.29 is 9.59 Å². The van der Waals surface area contributed by atoms with E-state index in [1.807, 2.05) is 43.3 Å². The number of anilines is 2. The summed E-state index contributed by atoms with van der Waals surface area (Å²) in [5, 5.41) is 6.18. The third kappa shape index (κ3) is 3.22. The van der Waals surface area contributed by atoms with E-state index in [0.29, 0.717) is 5.69 Å². The highest BCUT2D eigenvalue weighted by Gasteiger charge is 2.43. The molecule has 1 aliphatic heterocycles. The maximum atomic E-state index is 13.0. The number of aryl methyl sites for hydroxylation is 1. The largest absolute Gasteiger partial charge is 0.322 e. The lowest BCUT2D eigenvalue weighted by molar-refractivity contribution is -0.126. The third-order valence-electron chi connectivity index (χ3n) is 4.97. The van der Waals surface area contributed by atoms with E-state index < -0.39 is 5.54 Å². The monoisotopic (exact) mass is 351 g/mol. The van der Waals surface area contributed by atoms with E-state index >= 15 is 0 Å². The number of carbonyl (C=O) groups is 2. The number of hydrogen-bond donors (Lipinski definition) is 2. The zero-order valence-corrected chi connectivity index (χ0v) is 15.7. The number of benzene rings is 2. The van der Waals surface area contributed by atoms with Crippen LogP contribution >= 0.6 is 0 Å². The van der Waals surface area contributed by atoms with Crippen LogP contribution in [0.25, 0.3) is 0 Å². The number of rotatable bonds is 4. The Kier molecular flexibility index (Phi) is 4.83. The summed E-state index contributed by atoms with van der Waals surface area (Å²) in [6.45, 7) is 7.78. The molecule has 0 aromatic heterocycles. The van der Waals surface area contributed by atoms with Crippen molar-refractivity contribution in [2.45, 2.75) is 39.3 Å². The van der Waals surface area contributed by atoms with Gasteiger partial charge in [-0.1, -0.05) is 36.4 Å². The number of para-hydroxylation sites is 2. The van der Waals surface area contributed by atoms with Gasteiger partial charge in [0.2, 0.25) is 11.8 Å². The summed E-state index contributed by atoms with van der Waals surface area (Å²) in [6.07, 6.45) is 0. The highest BCUT2D eigenvalue weighted by atomic mass is 16.2. The van der Waals surface area contributed by atoms with Crippen molar-refractivity contribution >= 4 is 23.2 Å². The van der Waals surface area contributed by atoms with Crippen LogP contribution in [0.1, 0.15) is 37.9 Å². The summed E-state index contributed by atoms with van der Waals surface area (Å²) >= 11 is 0. The molecule has 3 rings (SSSR count). The molecule has 1 atom stereocenters. The predicted octanol–water partition coefficient (Wildman–Crippen LogP) is 3.41. The molecule has 1 unspecified atom stereocenters. The average Bonchev–Trinajstić information content (AvgIpc) is 2.60. The highest BCUT2D eigenvalue weighted by Crippen LogP contribution is 2.36. The number of nitrogens with one attached hydrogen (secondary N) is 2. The van der Waals surface area contributed by atoms with Crippen molar-refractivity contribution in [3.8, 4) is 0 Å². The van der Waals surface area contributed by atoms with Gasteiger partial charge in [0.15, 0.2) is 0 Å². The molecule has 1 heterocycles. The molecule has 0 saturated heterocycles. The molecule has 0 bridgehead atoms. The second kappa shape index (κ2) is 6.92. The van der Waals surface area contributed by atoms with Gasteiger partial charge in [0, 0.05) is 6.04 Å². The molecule has 5 heteroatoms. The molecular formula is C21H25N3O2. The smallest absolute Gasteiger partial charge is 0.250 e. The second-order valence-electron chi connectivity index (χ2n) is 7.22. The number of fused-ring (bicyclic) bond motifs is 1. The average molecular weight is 351 g/mol. The van der Waals surface area contributed by atoms with Crippen LogP contribution in [0.15, 0.2) is 48.5 Å². The van der Waals surface area contributed by atoms with Crippen LogP contribution in [0.3, 0.4) is 0 Å². The molecule has 5 nitrogen and oxygen atoms in total. The molecule has 2 amide bonds. The second-order valence-corrected chi connectivity index (χ2v) is 7.22. The maximum absolute atomic E-state index is 13.0. The quantitative estimate of drug-likeness (QED) is 0.887. The SMILES string of the molecule is Cc1ccccc1C(C)NCC(=O)N1c2ccccc2NC(=O)C1(C)C. The topological polar surface area (TPSA) is 61.4 Å². The Morgan fingerprint density at radius 1 is 1.15 bits per heavy atom. The number of amides is 2. The van der Waals surface area contributed by atoms with Crippen LogP contribution in [0, 0.1) is 6.92 Å². The van der Waals surface area contributed by atoms with E-state index in [0.717, 1.165) is 11.3 Å². The fourth-order valence-corrected chi connectivity index (χ4v) is 3.40. The van der Waals surface area contributed by atoms with Crippen LogP contribution in [-0.4, -0.2) is 23.9 Å². The van der Waals surface area contributed by atoms with Crippen LogP contribution < -0.4 is 15.5 Å². The fourth-order valence-electron chi connectivity index (χ4n) is 3.40. The Labute approximate surface area is 154 Å². The maximum Gasteiger partial charge on any atom is 0.250 e. The first-order valence-electron chi connectivity index (χ1n) is 8.85. The molecule has 2 aromatic rings. The van der Waals surface area contributed by atoms with Crippen LogP contribution in [-0.2, 0) is 9.59 Å². The fraction of sp³-hybridized carbons (Fsp3) is 0.333. The number of hydrogen-bond acceptors (Lipinski definition) is 3. The van der Waals surface area contributed by atoms with Gasteiger partial charge in [-0.2, -0.15) is 0 Å². The summed E-state index contributed by atoms with van der Waals surface area (Å²) < 4.78 is 0. The van der Waals surface area contributed by atoms with Crippen LogP contribution in [0.5, 0.6) is 0 Å². The molecule has 1 aliphatic rings. The van der Waals surface area contributed by atoms with Gasteiger partial charge in [0.05, 0.1) is 17.9 Å². The molecule has 0 aliphatic carbocycles. The first-order valence-corrected chi connectivity index (χ1v) is 8.85. The summed E-state index contributed by atoms with van der Waals surface area (Å²) in [5.41, 5.74) is 2.79. The Morgan fingerprint density at radius 3 is 2.54 bits per heavy atom. The molecule has 0 saturated carbocycles. The summed E-state index contributed by atoms with van der Waals surface area (Å²) in [5.74, 6) is -0.311. The van der Waals surface area contributed by atoms with Crippen LogP contribution in [0.4, 0.5) is 11.4 Å². The minimum atomic E-state index is -0.945. The van der Waals surface area contributed by atoms with Gasteiger partial charge in [-0.25, -0.2) is 0 Å². The lowest BCUT2D eigenvalue weighted by Gasteiger charge is -2.42. The minimum absolute atomic E-state index is 0.0390. The van der Waals surface area contributed by atoms with Gasteiger partial charge in [0.25, 0.3) is 0 Å². The normalized spacial score (nSPS) is 16.6. The van der Waals surface area contributed by atoms with E-state index in [1.54, 1.807) is 18.7 Å². The Bertz CT molecular complexity index is 845. The molecule has 26 heavy (non-hydrogen) atoms. The van der Waals surface area contributed by atoms with Crippen molar-refractivity contribution in [2.24, 2.45) is 0 Å². The van der Waals surface area contributed by atoms with Crippen molar-refractivity contribution in [1.29, 1.82) is 0 Å². The molecule has 0 fully saturated rings. The lowest BCUT2D eigenvalue weighted by atomic mass is 9.96. The lowest BCUT2D eigenvalue weighted by Crippen LogP contribution is -2.60. The number of nitrogens with zero attached hydrogens (tertiary/aromatic N) is 1. The molecule has 0 radical (unpaired) electrons. The van der Waals surface area contributed by atoms with E-state index in [2.05, 4.69) is 29.7 Å². The molecular weight excluding hydrogens is 326 g/mol. The summed E-state index contributed by atoms with van der Waals surface area (Å²) in [6, 6.07) is 15.5. The van der Waals surface area contributed by atoms with Gasteiger partial charge in [0.1, 0.15) is 5.54 Å².